The van der Waals surface area contributed by atoms with E-state index < -0.39 is 24.0 Å². The van der Waals surface area contributed by atoms with Crippen LogP contribution in [0.4, 0.5) is 14.5 Å². The van der Waals surface area contributed by atoms with Gasteiger partial charge >= 0.3 is 0 Å². The third kappa shape index (κ3) is 6.24. The number of halogens is 4. The van der Waals surface area contributed by atoms with Gasteiger partial charge in [-0.05, 0) is 68.2 Å². The van der Waals surface area contributed by atoms with Crippen LogP contribution in [0.3, 0.4) is 0 Å². The number of nitrogens with one attached hydrogen (secondary N) is 1. The van der Waals surface area contributed by atoms with E-state index in [0.717, 1.165) is 57.7 Å². The molecule has 1 aliphatic carbocycles. The topological polar surface area (TPSA) is 83.9 Å². The van der Waals surface area contributed by atoms with Gasteiger partial charge in [-0.2, -0.15) is 0 Å². The largest absolute Gasteiger partial charge is 0.458 e. The van der Waals surface area contributed by atoms with Crippen molar-refractivity contribution in [1.82, 2.24) is 14.8 Å². The van der Waals surface area contributed by atoms with E-state index in [-0.39, 0.29) is 40.9 Å². The number of fused-ring (bicyclic) bond motifs is 1. The van der Waals surface area contributed by atoms with Crippen LogP contribution in [0.1, 0.15) is 66.9 Å². The number of rotatable bonds is 10. The molecule has 0 spiro atoms. The van der Waals surface area contributed by atoms with Gasteiger partial charge in [-0.1, -0.05) is 29.3 Å². The predicted molar refractivity (Wildman–Crippen MR) is 166 cm³/mol. The molecule has 3 fully saturated rings. The molecule has 0 atom stereocenters. The average Bonchev–Trinajstić information content (AvgIpc) is 3.77. The van der Waals surface area contributed by atoms with Crippen molar-refractivity contribution < 1.29 is 23.1 Å². The molecule has 8 nitrogen and oxygen atoms in total. The van der Waals surface area contributed by atoms with Crippen LogP contribution < -0.4 is 20.4 Å². The van der Waals surface area contributed by atoms with E-state index in [1.807, 2.05) is 9.80 Å². The van der Waals surface area contributed by atoms with Crippen molar-refractivity contribution in [3.63, 3.8) is 0 Å². The summed E-state index contributed by atoms with van der Waals surface area (Å²) in [6, 6.07) is 6.01. The Balaban J connectivity index is 1.28. The van der Waals surface area contributed by atoms with Gasteiger partial charge in [-0.3, -0.25) is 14.4 Å². The number of carbonyl (C=O) groups is 2. The number of benzene rings is 2. The summed E-state index contributed by atoms with van der Waals surface area (Å²) >= 11 is 12.2. The second-order valence-corrected chi connectivity index (χ2v) is 12.7. The van der Waals surface area contributed by atoms with Crippen molar-refractivity contribution in [2.45, 2.75) is 57.5 Å². The number of nitrogens with zero attached hydrogens (tertiary/aromatic N) is 3. The summed E-state index contributed by atoms with van der Waals surface area (Å²) in [6.07, 6.45) is 7.07. The van der Waals surface area contributed by atoms with E-state index in [1.54, 1.807) is 22.8 Å². The Bertz CT molecular complexity index is 1650. The maximum atomic E-state index is 15.9. The van der Waals surface area contributed by atoms with Crippen LogP contribution >= 0.6 is 23.2 Å². The van der Waals surface area contributed by atoms with E-state index in [4.69, 9.17) is 27.9 Å². The molecular formula is C32H34Cl2F2N4O4. The summed E-state index contributed by atoms with van der Waals surface area (Å²) in [5, 5.41) is 3.52. The SMILES string of the molecule is O=C(NCc1ccc(Cl)cc1Cl)c1cn(C2CC2)c2c(OCF)c(N3CCC(CCN4CCCC4=O)CC3)c(F)cc2c1=O. The van der Waals surface area contributed by atoms with Gasteiger partial charge in [0, 0.05) is 61.4 Å². The van der Waals surface area contributed by atoms with Crippen molar-refractivity contribution in [2.24, 2.45) is 5.92 Å². The first-order valence-corrected chi connectivity index (χ1v) is 15.9. The van der Waals surface area contributed by atoms with Gasteiger partial charge in [0.2, 0.25) is 18.2 Å². The van der Waals surface area contributed by atoms with Crippen LogP contribution in [0.2, 0.25) is 10.0 Å². The summed E-state index contributed by atoms with van der Waals surface area (Å²) in [4.78, 5) is 42.7. The lowest BCUT2D eigenvalue weighted by Gasteiger charge is -2.35. The maximum Gasteiger partial charge on any atom is 0.257 e. The highest BCUT2D eigenvalue weighted by Crippen LogP contribution is 2.44. The van der Waals surface area contributed by atoms with Crippen LogP contribution in [-0.4, -0.2) is 54.3 Å². The molecule has 0 bridgehead atoms. The van der Waals surface area contributed by atoms with Crippen molar-refractivity contribution in [1.29, 1.82) is 0 Å². The molecule has 3 aliphatic rings. The number of amides is 2. The van der Waals surface area contributed by atoms with Crippen molar-refractivity contribution in [3.8, 4) is 5.75 Å². The molecule has 2 saturated heterocycles. The number of piperidine rings is 1. The van der Waals surface area contributed by atoms with Gasteiger partial charge in [-0.15, -0.1) is 0 Å². The minimum Gasteiger partial charge on any atom is -0.458 e. The fourth-order valence-corrected chi connectivity index (χ4v) is 6.87. The Morgan fingerprint density at radius 1 is 1.07 bits per heavy atom. The van der Waals surface area contributed by atoms with E-state index in [1.165, 1.54) is 6.20 Å². The monoisotopic (exact) mass is 646 g/mol. The minimum absolute atomic E-state index is 0.0208. The zero-order valence-electron chi connectivity index (χ0n) is 24.2. The number of anilines is 1. The Labute approximate surface area is 263 Å². The quantitative estimate of drug-likeness (QED) is 0.282. The first kappa shape index (κ1) is 30.6. The summed E-state index contributed by atoms with van der Waals surface area (Å²) in [7, 11) is 0. The fraction of sp³-hybridized carbons (Fsp3) is 0.469. The molecule has 3 aromatic rings. The third-order valence-electron chi connectivity index (χ3n) is 8.95. The number of pyridine rings is 1. The Kier molecular flexibility index (Phi) is 9.01. The highest BCUT2D eigenvalue weighted by Gasteiger charge is 2.33. The second kappa shape index (κ2) is 12.9. The van der Waals surface area contributed by atoms with E-state index in [9.17, 15) is 18.8 Å². The molecule has 44 heavy (non-hydrogen) atoms. The third-order valence-corrected chi connectivity index (χ3v) is 9.53. The molecule has 1 N–H and O–H groups in total. The average molecular weight is 648 g/mol. The molecule has 2 amide bonds. The lowest BCUT2D eigenvalue weighted by Crippen LogP contribution is -2.36. The number of likely N-dealkylation sites (tertiary alicyclic amines) is 1. The molecule has 234 valence electrons. The van der Waals surface area contributed by atoms with Crippen molar-refractivity contribution in [2.75, 3.05) is 37.9 Å². The van der Waals surface area contributed by atoms with Gasteiger partial charge in [-0.25, -0.2) is 8.78 Å². The van der Waals surface area contributed by atoms with Gasteiger partial charge in [0.05, 0.1) is 10.9 Å². The predicted octanol–water partition coefficient (Wildman–Crippen LogP) is 6.25. The molecule has 0 unspecified atom stereocenters. The lowest BCUT2D eigenvalue weighted by molar-refractivity contribution is -0.127. The summed E-state index contributed by atoms with van der Waals surface area (Å²) in [5.74, 6) is -0.754. The van der Waals surface area contributed by atoms with Gasteiger partial charge < -0.3 is 24.4 Å². The zero-order valence-corrected chi connectivity index (χ0v) is 25.7. The standard InChI is InChI=1S/C32H34Cl2F2N4O4/c33-21-4-3-20(25(34)14-21)16-37-32(43)24-17-40(22-5-6-22)28-23(30(24)42)15-26(36)29(31(28)44-18-35)39-12-8-19(9-13-39)7-11-38-10-1-2-27(38)41/h3-4,14-15,17,19,22H,1-2,5-13,16,18H2,(H,37,43). The Morgan fingerprint density at radius 3 is 2.50 bits per heavy atom. The number of hydrogen-bond acceptors (Lipinski definition) is 5. The molecule has 12 heteroatoms. The van der Waals surface area contributed by atoms with E-state index >= 15 is 4.39 Å². The molecule has 1 saturated carbocycles. The number of ether oxygens (including phenoxy) is 1. The Morgan fingerprint density at radius 2 is 1.84 bits per heavy atom. The van der Waals surface area contributed by atoms with Crippen LogP contribution in [-0.2, 0) is 11.3 Å². The normalized spacial score (nSPS) is 17.5. The van der Waals surface area contributed by atoms with Crippen molar-refractivity contribution >= 4 is 51.6 Å². The summed E-state index contributed by atoms with van der Waals surface area (Å²) in [6.45, 7) is 1.47. The van der Waals surface area contributed by atoms with Crippen LogP contribution in [0.25, 0.3) is 10.9 Å². The van der Waals surface area contributed by atoms with Crippen LogP contribution in [0.15, 0.2) is 35.3 Å². The molecule has 2 aromatic carbocycles. The molecule has 0 radical (unpaired) electrons. The van der Waals surface area contributed by atoms with E-state index in [2.05, 4.69) is 5.32 Å². The van der Waals surface area contributed by atoms with Gasteiger partial charge in [0.25, 0.3) is 5.91 Å². The Hall–Kier alpha value is -3.37. The first-order valence-electron chi connectivity index (χ1n) is 15.1. The molecule has 6 rings (SSSR count). The van der Waals surface area contributed by atoms with Crippen molar-refractivity contribution in [3.05, 3.63) is 67.7 Å². The van der Waals surface area contributed by atoms with Gasteiger partial charge in [0.1, 0.15) is 11.3 Å². The number of aromatic nitrogens is 1. The lowest BCUT2D eigenvalue weighted by atomic mass is 9.92. The summed E-state index contributed by atoms with van der Waals surface area (Å²) < 4.78 is 37.0. The number of hydrogen-bond donors (Lipinski definition) is 1. The maximum absolute atomic E-state index is 15.9. The molecule has 3 heterocycles. The molecular weight excluding hydrogens is 613 g/mol. The molecule has 2 aliphatic heterocycles. The minimum atomic E-state index is -1.20. The smallest absolute Gasteiger partial charge is 0.257 e. The first-order chi connectivity index (χ1) is 21.2. The second-order valence-electron chi connectivity index (χ2n) is 11.8. The molecule has 1 aromatic heterocycles. The van der Waals surface area contributed by atoms with Gasteiger partial charge in [0.15, 0.2) is 11.6 Å². The number of carbonyl (C=O) groups excluding carboxylic acids is 2. The number of alkyl halides is 1. The van der Waals surface area contributed by atoms with E-state index in [0.29, 0.717) is 46.6 Å². The summed E-state index contributed by atoms with van der Waals surface area (Å²) in [5.41, 5.74) is 0.228. The van der Waals surface area contributed by atoms with Crippen LogP contribution in [0.5, 0.6) is 5.75 Å². The highest BCUT2D eigenvalue weighted by molar-refractivity contribution is 6.35. The zero-order chi connectivity index (χ0) is 31.0. The highest BCUT2D eigenvalue weighted by atomic mass is 35.5. The fourth-order valence-electron chi connectivity index (χ4n) is 6.39. The van der Waals surface area contributed by atoms with Crippen LogP contribution in [0, 0.1) is 11.7 Å².